The van der Waals surface area contributed by atoms with E-state index in [0.29, 0.717) is 0 Å². The van der Waals surface area contributed by atoms with Gasteiger partial charge in [-0.05, 0) is 19.8 Å². The lowest BCUT2D eigenvalue weighted by Gasteiger charge is -2.15. The topological polar surface area (TPSA) is 33.1 Å². The number of anilines is 1. The Hall–Kier alpha value is -1.03. The summed E-state index contributed by atoms with van der Waals surface area (Å²) >= 11 is 0. The summed E-state index contributed by atoms with van der Waals surface area (Å²) in [6.45, 7) is 3.02. The molecule has 0 amide bonds. The van der Waals surface area contributed by atoms with Crippen LogP contribution in [-0.2, 0) is 13.6 Å². The van der Waals surface area contributed by atoms with Crippen LogP contribution in [0.3, 0.4) is 0 Å². The Bertz CT molecular complexity index is 350. The van der Waals surface area contributed by atoms with Crippen LogP contribution in [0.15, 0.2) is 0 Å². The molecule has 1 aromatic rings. The van der Waals surface area contributed by atoms with Gasteiger partial charge in [-0.25, -0.2) is 0 Å². The van der Waals surface area contributed by atoms with Crippen molar-refractivity contribution in [2.24, 2.45) is 7.05 Å². The smallest absolute Gasteiger partial charge is 0.130 e. The van der Waals surface area contributed by atoms with E-state index in [2.05, 4.69) is 36.3 Å². The Labute approximate surface area is 91.3 Å². The first-order valence-electron chi connectivity index (χ1n) is 5.52. The second-order valence-electron chi connectivity index (χ2n) is 4.56. The van der Waals surface area contributed by atoms with Crippen LogP contribution >= 0.6 is 0 Å². The fourth-order valence-electron chi connectivity index (χ4n) is 1.99. The van der Waals surface area contributed by atoms with Crippen LogP contribution in [0.25, 0.3) is 0 Å². The van der Waals surface area contributed by atoms with Gasteiger partial charge in [0.15, 0.2) is 0 Å². The number of hydrogen-bond acceptors (Lipinski definition) is 3. The fourth-order valence-corrected chi connectivity index (χ4v) is 1.99. The highest BCUT2D eigenvalue weighted by Crippen LogP contribution is 2.24. The van der Waals surface area contributed by atoms with E-state index in [1.807, 2.05) is 11.7 Å². The molecule has 0 atom stereocenters. The SMILES string of the molecule is Cc1nn(C)c(N(C)C)c1CNC1CC1. The van der Waals surface area contributed by atoms with Crippen molar-refractivity contribution < 1.29 is 0 Å². The van der Waals surface area contributed by atoms with Gasteiger partial charge < -0.3 is 10.2 Å². The van der Waals surface area contributed by atoms with Crippen molar-refractivity contribution in [3.05, 3.63) is 11.3 Å². The molecular weight excluding hydrogens is 188 g/mol. The maximum Gasteiger partial charge on any atom is 0.130 e. The van der Waals surface area contributed by atoms with E-state index in [-0.39, 0.29) is 0 Å². The zero-order valence-electron chi connectivity index (χ0n) is 10.0. The van der Waals surface area contributed by atoms with E-state index in [4.69, 9.17) is 0 Å². The molecular formula is C11H20N4. The first kappa shape index (κ1) is 10.5. The molecule has 1 aliphatic carbocycles. The van der Waals surface area contributed by atoms with Gasteiger partial charge >= 0.3 is 0 Å². The number of nitrogens with zero attached hydrogens (tertiary/aromatic N) is 3. The summed E-state index contributed by atoms with van der Waals surface area (Å²) in [4.78, 5) is 2.13. The largest absolute Gasteiger partial charge is 0.363 e. The minimum Gasteiger partial charge on any atom is -0.363 e. The van der Waals surface area contributed by atoms with Crippen LogP contribution in [0.4, 0.5) is 5.82 Å². The molecule has 0 bridgehead atoms. The van der Waals surface area contributed by atoms with E-state index < -0.39 is 0 Å². The van der Waals surface area contributed by atoms with Gasteiger partial charge in [-0.15, -0.1) is 0 Å². The molecule has 4 heteroatoms. The summed E-state index contributed by atoms with van der Waals surface area (Å²) in [7, 11) is 6.14. The van der Waals surface area contributed by atoms with Crippen molar-refractivity contribution >= 4 is 5.82 Å². The molecule has 15 heavy (non-hydrogen) atoms. The van der Waals surface area contributed by atoms with Gasteiger partial charge in [0, 0.05) is 39.3 Å². The van der Waals surface area contributed by atoms with Gasteiger partial charge in [0.2, 0.25) is 0 Å². The molecule has 0 aromatic carbocycles. The predicted octanol–water partition coefficient (Wildman–Crippen LogP) is 1.05. The van der Waals surface area contributed by atoms with Crippen LogP contribution in [0.2, 0.25) is 0 Å². The number of nitrogens with one attached hydrogen (secondary N) is 1. The number of rotatable bonds is 4. The van der Waals surface area contributed by atoms with Crippen molar-refractivity contribution in [2.75, 3.05) is 19.0 Å². The van der Waals surface area contributed by atoms with Crippen LogP contribution in [0.1, 0.15) is 24.1 Å². The highest BCUT2D eigenvalue weighted by atomic mass is 15.4. The summed E-state index contributed by atoms with van der Waals surface area (Å²) < 4.78 is 1.96. The van der Waals surface area contributed by atoms with E-state index in [1.165, 1.54) is 24.2 Å². The molecule has 0 saturated heterocycles. The maximum absolute atomic E-state index is 4.47. The number of aryl methyl sites for hydroxylation is 2. The molecule has 1 N–H and O–H groups in total. The van der Waals surface area contributed by atoms with Crippen LogP contribution in [0, 0.1) is 6.92 Å². The average molecular weight is 208 g/mol. The minimum atomic E-state index is 0.750. The lowest BCUT2D eigenvalue weighted by atomic mass is 10.2. The molecule has 1 aromatic heterocycles. The van der Waals surface area contributed by atoms with Crippen molar-refractivity contribution in [3.8, 4) is 0 Å². The summed E-state index contributed by atoms with van der Waals surface area (Å²) in [6.07, 6.45) is 2.66. The maximum atomic E-state index is 4.47. The molecule has 2 rings (SSSR count). The van der Waals surface area contributed by atoms with E-state index >= 15 is 0 Å². The summed E-state index contributed by atoms with van der Waals surface area (Å²) in [6, 6.07) is 0.750. The van der Waals surface area contributed by atoms with Crippen molar-refractivity contribution in [2.45, 2.75) is 32.4 Å². The number of hydrogen-bond donors (Lipinski definition) is 1. The Morgan fingerprint density at radius 2 is 2.13 bits per heavy atom. The van der Waals surface area contributed by atoms with E-state index in [0.717, 1.165) is 18.3 Å². The molecule has 1 heterocycles. The first-order valence-corrected chi connectivity index (χ1v) is 5.52. The van der Waals surface area contributed by atoms with Gasteiger partial charge in [-0.3, -0.25) is 4.68 Å². The number of aromatic nitrogens is 2. The Kier molecular flexibility index (Phi) is 2.69. The molecule has 1 fully saturated rings. The highest BCUT2D eigenvalue weighted by molar-refractivity contribution is 5.48. The van der Waals surface area contributed by atoms with Gasteiger partial charge in [0.1, 0.15) is 5.82 Å². The zero-order chi connectivity index (χ0) is 11.0. The normalized spacial score (nSPS) is 15.7. The quantitative estimate of drug-likeness (QED) is 0.803. The third-order valence-corrected chi connectivity index (χ3v) is 2.88. The van der Waals surface area contributed by atoms with Crippen molar-refractivity contribution in [1.82, 2.24) is 15.1 Å². The predicted molar refractivity (Wildman–Crippen MR) is 62.1 cm³/mol. The lowest BCUT2D eigenvalue weighted by Crippen LogP contribution is -2.20. The minimum absolute atomic E-state index is 0.750. The molecule has 0 radical (unpaired) electrons. The second-order valence-corrected chi connectivity index (χ2v) is 4.56. The zero-order valence-corrected chi connectivity index (χ0v) is 10.0. The third-order valence-electron chi connectivity index (χ3n) is 2.88. The molecule has 1 aliphatic rings. The first-order chi connectivity index (χ1) is 7.09. The Balaban J connectivity index is 2.18. The summed E-state index contributed by atoms with van der Waals surface area (Å²) in [5.41, 5.74) is 2.46. The van der Waals surface area contributed by atoms with Gasteiger partial charge in [-0.1, -0.05) is 0 Å². The molecule has 0 aliphatic heterocycles. The average Bonchev–Trinajstić information content (AvgIpc) is 2.89. The molecule has 84 valence electrons. The standard InChI is InChI=1S/C11H20N4/c1-8-10(7-12-9-5-6-9)11(14(2)3)15(4)13-8/h9,12H,5-7H2,1-4H3. The molecule has 1 saturated carbocycles. The van der Waals surface area contributed by atoms with E-state index in [1.54, 1.807) is 0 Å². The van der Waals surface area contributed by atoms with Gasteiger partial charge in [0.05, 0.1) is 5.69 Å². The van der Waals surface area contributed by atoms with Crippen LogP contribution < -0.4 is 10.2 Å². The molecule has 4 nitrogen and oxygen atoms in total. The Morgan fingerprint density at radius 3 is 2.67 bits per heavy atom. The Morgan fingerprint density at radius 1 is 1.47 bits per heavy atom. The van der Waals surface area contributed by atoms with Gasteiger partial charge in [0.25, 0.3) is 0 Å². The van der Waals surface area contributed by atoms with Crippen molar-refractivity contribution in [1.29, 1.82) is 0 Å². The van der Waals surface area contributed by atoms with Gasteiger partial charge in [-0.2, -0.15) is 5.10 Å². The molecule has 0 unspecified atom stereocenters. The van der Waals surface area contributed by atoms with Crippen LogP contribution in [0.5, 0.6) is 0 Å². The second kappa shape index (κ2) is 3.85. The molecule has 0 spiro atoms. The third kappa shape index (κ3) is 2.15. The summed E-state index contributed by atoms with van der Waals surface area (Å²) in [5.74, 6) is 1.21. The summed E-state index contributed by atoms with van der Waals surface area (Å²) in [5, 5.41) is 8.01. The fraction of sp³-hybridized carbons (Fsp3) is 0.727. The van der Waals surface area contributed by atoms with Crippen LogP contribution in [-0.4, -0.2) is 29.9 Å². The highest BCUT2D eigenvalue weighted by Gasteiger charge is 2.22. The van der Waals surface area contributed by atoms with Crippen molar-refractivity contribution in [3.63, 3.8) is 0 Å². The lowest BCUT2D eigenvalue weighted by molar-refractivity contribution is 0.683. The monoisotopic (exact) mass is 208 g/mol. The van der Waals surface area contributed by atoms with E-state index in [9.17, 15) is 0 Å².